The van der Waals surface area contributed by atoms with Gasteiger partial charge in [0.15, 0.2) is 0 Å². The molecule has 0 aliphatic heterocycles. The third-order valence-corrected chi connectivity index (χ3v) is 2.67. The maximum Gasteiger partial charge on any atom is 0.246 e. The first-order chi connectivity index (χ1) is 9.40. The summed E-state index contributed by atoms with van der Waals surface area (Å²) in [7, 11) is 0. The Balaban J connectivity index is 2.67. The SMILES string of the molecule is CC(C)OCC(=O)NC(C)c1ccccc1OC(C)C. The quantitative estimate of drug-likeness (QED) is 0.834. The summed E-state index contributed by atoms with van der Waals surface area (Å²) in [5.74, 6) is 0.686. The van der Waals surface area contributed by atoms with Crippen molar-refractivity contribution in [3.8, 4) is 5.75 Å². The Hall–Kier alpha value is -1.55. The number of carbonyl (C=O) groups excluding carboxylic acids is 1. The largest absolute Gasteiger partial charge is 0.491 e. The fourth-order valence-corrected chi connectivity index (χ4v) is 1.80. The average Bonchev–Trinajstić information content (AvgIpc) is 2.36. The van der Waals surface area contributed by atoms with Crippen LogP contribution in [0.3, 0.4) is 0 Å². The van der Waals surface area contributed by atoms with Gasteiger partial charge in [-0.25, -0.2) is 0 Å². The lowest BCUT2D eigenvalue weighted by atomic mass is 10.1. The van der Waals surface area contributed by atoms with Gasteiger partial charge in [-0.3, -0.25) is 4.79 Å². The van der Waals surface area contributed by atoms with Gasteiger partial charge in [0.25, 0.3) is 0 Å². The van der Waals surface area contributed by atoms with Crippen LogP contribution in [0, 0.1) is 0 Å². The highest BCUT2D eigenvalue weighted by Gasteiger charge is 2.15. The second kappa shape index (κ2) is 7.90. The maximum absolute atomic E-state index is 11.8. The van der Waals surface area contributed by atoms with Crippen LogP contribution in [-0.2, 0) is 9.53 Å². The summed E-state index contributed by atoms with van der Waals surface area (Å²) in [6.45, 7) is 9.79. The van der Waals surface area contributed by atoms with E-state index in [1.165, 1.54) is 0 Å². The molecule has 4 nitrogen and oxygen atoms in total. The molecule has 0 aromatic heterocycles. The molecule has 0 spiro atoms. The van der Waals surface area contributed by atoms with Gasteiger partial charge in [-0.05, 0) is 40.7 Å². The fraction of sp³-hybridized carbons (Fsp3) is 0.562. The lowest BCUT2D eigenvalue weighted by Crippen LogP contribution is -2.31. The molecule has 0 saturated carbocycles. The van der Waals surface area contributed by atoms with Crippen LogP contribution >= 0.6 is 0 Å². The number of nitrogens with one attached hydrogen (secondary N) is 1. The zero-order chi connectivity index (χ0) is 15.1. The molecule has 1 aromatic rings. The normalized spacial score (nSPS) is 12.6. The minimum Gasteiger partial charge on any atom is -0.491 e. The van der Waals surface area contributed by atoms with E-state index in [0.717, 1.165) is 11.3 Å². The lowest BCUT2D eigenvalue weighted by Gasteiger charge is -2.20. The number of hydrogen-bond acceptors (Lipinski definition) is 3. The molecule has 1 amide bonds. The van der Waals surface area contributed by atoms with E-state index in [2.05, 4.69) is 5.32 Å². The number of para-hydroxylation sites is 1. The summed E-state index contributed by atoms with van der Waals surface area (Å²) >= 11 is 0. The highest BCUT2D eigenvalue weighted by atomic mass is 16.5. The monoisotopic (exact) mass is 279 g/mol. The van der Waals surface area contributed by atoms with Gasteiger partial charge in [-0.15, -0.1) is 0 Å². The molecule has 0 aliphatic rings. The van der Waals surface area contributed by atoms with E-state index in [1.54, 1.807) is 0 Å². The van der Waals surface area contributed by atoms with Crippen molar-refractivity contribution < 1.29 is 14.3 Å². The molecule has 1 aromatic carbocycles. The van der Waals surface area contributed by atoms with Crippen molar-refractivity contribution in [2.75, 3.05) is 6.61 Å². The van der Waals surface area contributed by atoms with Crippen molar-refractivity contribution in [1.29, 1.82) is 0 Å². The molecule has 1 N–H and O–H groups in total. The molecule has 112 valence electrons. The molecule has 0 saturated heterocycles. The summed E-state index contributed by atoms with van der Waals surface area (Å²) in [4.78, 5) is 11.8. The van der Waals surface area contributed by atoms with Gasteiger partial charge in [0.05, 0.1) is 18.2 Å². The number of amides is 1. The van der Waals surface area contributed by atoms with Gasteiger partial charge in [-0.1, -0.05) is 18.2 Å². The first-order valence-corrected chi connectivity index (χ1v) is 7.06. The third kappa shape index (κ3) is 5.61. The number of hydrogen-bond donors (Lipinski definition) is 1. The van der Waals surface area contributed by atoms with E-state index in [-0.39, 0.29) is 30.8 Å². The van der Waals surface area contributed by atoms with E-state index in [1.807, 2.05) is 58.9 Å². The summed E-state index contributed by atoms with van der Waals surface area (Å²) in [6.07, 6.45) is 0.149. The van der Waals surface area contributed by atoms with E-state index in [4.69, 9.17) is 9.47 Å². The topological polar surface area (TPSA) is 47.6 Å². The Kier molecular flexibility index (Phi) is 6.52. The van der Waals surface area contributed by atoms with Crippen LogP contribution < -0.4 is 10.1 Å². The highest BCUT2D eigenvalue weighted by molar-refractivity contribution is 5.77. The Morgan fingerprint density at radius 1 is 1.10 bits per heavy atom. The average molecular weight is 279 g/mol. The minimum absolute atomic E-state index is 0.0487. The zero-order valence-corrected chi connectivity index (χ0v) is 13.0. The van der Waals surface area contributed by atoms with E-state index >= 15 is 0 Å². The summed E-state index contributed by atoms with van der Waals surface area (Å²) in [6, 6.07) is 7.63. The Morgan fingerprint density at radius 3 is 2.35 bits per heavy atom. The van der Waals surface area contributed by atoms with Crippen LogP contribution in [0.25, 0.3) is 0 Å². The van der Waals surface area contributed by atoms with Gasteiger partial charge in [0, 0.05) is 5.56 Å². The smallest absolute Gasteiger partial charge is 0.246 e. The number of ether oxygens (including phenoxy) is 2. The predicted octanol–water partition coefficient (Wildman–Crippen LogP) is 3.08. The molecule has 1 atom stereocenters. The Morgan fingerprint density at radius 2 is 1.75 bits per heavy atom. The first-order valence-electron chi connectivity index (χ1n) is 7.06. The maximum atomic E-state index is 11.8. The van der Waals surface area contributed by atoms with Gasteiger partial charge in [0.2, 0.25) is 5.91 Å². The molecule has 0 fully saturated rings. The highest BCUT2D eigenvalue weighted by Crippen LogP contribution is 2.25. The molecule has 0 heterocycles. The van der Waals surface area contributed by atoms with Crippen LogP contribution in [0.15, 0.2) is 24.3 Å². The summed E-state index contributed by atoms with van der Waals surface area (Å²) < 4.78 is 11.1. The summed E-state index contributed by atoms with van der Waals surface area (Å²) in [5, 5.41) is 2.92. The molecule has 0 bridgehead atoms. The van der Waals surface area contributed by atoms with Crippen molar-refractivity contribution in [3.05, 3.63) is 29.8 Å². The predicted molar refractivity (Wildman–Crippen MR) is 79.9 cm³/mol. The zero-order valence-electron chi connectivity index (χ0n) is 13.0. The van der Waals surface area contributed by atoms with E-state index in [0.29, 0.717) is 0 Å². The van der Waals surface area contributed by atoms with Crippen LogP contribution in [-0.4, -0.2) is 24.7 Å². The second-order valence-corrected chi connectivity index (χ2v) is 5.35. The van der Waals surface area contributed by atoms with Crippen molar-refractivity contribution in [3.63, 3.8) is 0 Å². The van der Waals surface area contributed by atoms with Crippen molar-refractivity contribution in [1.82, 2.24) is 5.32 Å². The van der Waals surface area contributed by atoms with Crippen molar-refractivity contribution in [2.45, 2.75) is 52.9 Å². The van der Waals surface area contributed by atoms with Gasteiger partial charge >= 0.3 is 0 Å². The van der Waals surface area contributed by atoms with Crippen molar-refractivity contribution in [2.24, 2.45) is 0 Å². The van der Waals surface area contributed by atoms with Crippen LogP contribution in [0.2, 0.25) is 0 Å². The van der Waals surface area contributed by atoms with E-state index < -0.39 is 0 Å². The number of benzene rings is 1. The van der Waals surface area contributed by atoms with Gasteiger partial charge in [-0.2, -0.15) is 0 Å². The molecule has 0 radical (unpaired) electrons. The molecule has 20 heavy (non-hydrogen) atoms. The second-order valence-electron chi connectivity index (χ2n) is 5.35. The molecule has 1 unspecified atom stereocenters. The van der Waals surface area contributed by atoms with Crippen LogP contribution in [0.5, 0.6) is 5.75 Å². The molecular weight excluding hydrogens is 254 g/mol. The molecule has 4 heteroatoms. The van der Waals surface area contributed by atoms with Crippen molar-refractivity contribution >= 4 is 5.91 Å². The lowest BCUT2D eigenvalue weighted by molar-refractivity contribution is -0.127. The molecular formula is C16H25NO3. The van der Waals surface area contributed by atoms with Crippen LogP contribution in [0.4, 0.5) is 0 Å². The van der Waals surface area contributed by atoms with Gasteiger partial charge in [0.1, 0.15) is 12.4 Å². The van der Waals surface area contributed by atoms with Gasteiger partial charge < -0.3 is 14.8 Å². The number of carbonyl (C=O) groups is 1. The fourth-order valence-electron chi connectivity index (χ4n) is 1.80. The summed E-state index contributed by atoms with van der Waals surface area (Å²) in [5.41, 5.74) is 0.971. The van der Waals surface area contributed by atoms with E-state index in [9.17, 15) is 4.79 Å². The molecule has 1 rings (SSSR count). The molecule has 0 aliphatic carbocycles. The third-order valence-electron chi connectivity index (χ3n) is 2.67. The number of rotatable bonds is 7. The Labute approximate surface area is 121 Å². The standard InChI is InChI=1S/C16H25NO3/c1-11(2)19-10-16(18)17-13(5)14-8-6-7-9-15(14)20-12(3)4/h6-9,11-13H,10H2,1-5H3,(H,17,18). The first kappa shape index (κ1) is 16.5. The minimum atomic E-state index is -0.120. The Bertz CT molecular complexity index is 429. The van der Waals surface area contributed by atoms with Crippen LogP contribution in [0.1, 0.15) is 46.2 Å².